The van der Waals surface area contributed by atoms with Gasteiger partial charge in [-0.2, -0.15) is 0 Å². The molecule has 1 unspecified atom stereocenters. The van der Waals surface area contributed by atoms with E-state index in [2.05, 4.69) is 0 Å². The number of ether oxygens (including phenoxy) is 1. The van der Waals surface area contributed by atoms with Crippen molar-refractivity contribution in [3.05, 3.63) is 59.9 Å². The molecule has 1 atom stereocenters. The summed E-state index contributed by atoms with van der Waals surface area (Å²) in [5, 5.41) is 0. The normalized spacial score (nSPS) is 15.3. The Morgan fingerprint density at radius 2 is 2.00 bits per heavy atom. The summed E-state index contributed by atoms with van der Waals surface area (Å²) in [6.45, 7) is 0.888. The molecule has 0 aromatic heterocycles. The van der Waals surface area contributed by atoms with E-state index in [1.807, 2.05) is 30.3 Å². The highest BCUT2D eigenvalue weighted by Crippen LogP contribution is 2.34. The largest absolute Gasteiger partial charge is 0.491 e. The predicted molar refractivity (Wildman–Crippen MR) is 86.9 cm³/mol. The van der Waals surface area contributed by atoms with Crippen molar-refractivity contribution in [1.29, 1.82) is 0 Å². The van der Waals surface area contributed by atoms with Crippen LogP contribution < -0.4 is 15.4 Å². The number of nitrogens with two attached hydrogens (primary N) is 1. The van der Waals surface area contributed by atoms with Gasteiger partial charge in [-0.25, -0.2) is 4.39 Å². The first-order chi connectivity index (χ1) is 11.2. The molecule has 2 aromatic rings. The molecule has 0 saturated carbocycles. The molecule has 1 amide bonds. The molecular weight excluding hydrogens is 295 g/mol. The molecule has 0 aliphatic carbocycles. The lowest BCUT2D eigenvalue weighted by Crippen LogP contribution is -2.34. The number of amides is 1. The molecule has 4 nitrogen and oxygen atoms in total. The second kappa shape index (κ2) is 6.79. The van der Waals surface area contributed by atoms with Crippen molar-refractivity contribution >= 4 is 11.6 Å². The lowest BCUT2D eigenvalue weighted by Gasteiger charge is -2.24. The molecule has 0 bridgehead atoms. The van der Waals surface area contributed by atoms with Crippen LogP contribution in [0.4, 0.5) is 10.1 Å². The Morgan fingerprint density at radius 3 is 2.78 bits per heavy atom. The number of hydrogen-bond acceptors (Lipinski definition) is 3. The molecule has 1 aliphatic heterocycles. The zero-order chi connectivity index (χ0) is 16.2. The highest BCUT2D eigenvalue weighted by molar-refractivity contribution is 5.95. The average Bonchev–Trinajstić information content (AvgIpc) is 2.79. The summed E-state index contributed by atoms with van der Waals surface area (Å²) in [6.07, 6.45) is 0.776. The third kappa shape index (κ3) is 3.35. The van der Waals surface area contributed by atoms with Crippen LogP contribution in [-0.2, 0) is 4.79 Å². The number of anilines is 1. The number of hydrogen-bond donors (Lipinski definition) is 1. The minimum absolute atomic E-state index is 0.123. The van der Waals surface area contributed by atoms with E-state index in [1.54, 1.807) is 12.1 Å². The molecule has 2 aromatic carbocycles. The molecule has 0 saturated heterocycles. The van der Waals surface area contributed by atoms with Gasteiger partial charge < -0.3 is 15.4 Å². The number of carbonyl (C=O) groups excluding carboxylic acids is 1. The van der Waals surface area contributed by atoms with Crippen LogP contribution in [0, 0.1) is 5.82 Å². The number of fused-ring (bicyclic) bond motifs is 1. The van der Waals surface area contributed by atoms with Crippen molar-refractivity contribution in [2.45, 2.75) is 18.9 Å². The van der Waals surface area contributed by atoms with Crippen molar-refractivity contribution < 1.29 is 13.9 Å². The van der Waals surface area contributed by atoms with Gasteiger partial charge in [0, 0.05) is 19.0 Å². The van der Waals surface area contributed by atoms with E-state index in [1.165, 1.54) is 11.0 Å². The number of benzene rings is 2. The Morgan fingerprint density at radius 1 is 1.22 bits per heavy atom. The smallest absolute Gasteiger partial charge is 0.229 e. The predicted octanol–water partition coefficient (Wildman–Crippen LogP) is 3.03. The summed E-state index contributed by atoms with van der Waals surface area (Å²) >= 11 is 0. The van der Waals surface area contributed by atoms with Crippen molar-refractivity contribution in [1.82, 2.24) is 0 Å². The maximum absolute atomic E-state index is 14.2. The summed E-state index contributed by atoms with van der Waals surface area (Å²) in [7, 11) is 0. The first kappa shape index (κ1) is 15.5. The van der Waals surface area contributed by atoms with Crippen molar-refractivity contribution in [2.75, 3.05) is 18.1 Å². The molecule has 1 aliphatic rings. The summed E-state index contributed by atoms with van der Waals surface area (Å²) < 4.78 is 19.8. The van der Waals surface area contributed by atoms with Gasteiger partial charge in [0.15, 0.2) is 5.82 Å². The second-order valence-corrected chi connectivity index (χ2v) is 5.56. The van der Waals surface area contributed by atoms with Gasteiger partial charge in [0.2, 0.25) is 5.91 Å². The topological polar surface area (TPSA) is 55.6 Å². The van der Waals surface area contributed by atoms with Gasteiger partial charge >= 0.3 is 0 Å². The Hall–Kier alpha value is -2.40. The lowest BCUT2D eigenvalue weighted by atomic mass is 10.0. The summed E-state index contributed by atoms with van der Waals surface area (Å²) in [6, 6.07) is 13.6. The van der Waals surface area contributed by atoms with E-state index in [-0.39, 0.29) is 18.0 Å². The summed E-state index contributed by atoms with van der Waals surface area (Å²) in [5.41, 5.74) is 7.23. The summed E-state index contributed by atoms with van der Waals surface area (Å²) in [5.74, 6) is -0.242. The Bertz CT molecular complexity index is 691. The first-order valence-corrected chi connectivity index (χ1v) is 7.69. The SMILES string of the molecule is NC(CC(=O)N1CCCOc2cccc(F)c21)c1ccccc1. The van der Waals surface area contributed by atoms with Gasteiger partial charge in [-0.1, -0.05) is 36.4 Å². The molecule has 0 fully saturated rings. The fraction of sp³-hybridized carbons (Fsp3) is 0.278. The third-order valence-corrected chi connectivity index (χ3v) is 3.93. The molecule has 5 heteroatoms. The van der Waals surface area contributed by atoms with E-state index < -0.39 is 11.9 Å². The quantitative estimate of drug-likeness (QED) is 0.947. The zero-order valence-electron chi connectivity index (χ0n) is 12.7. The lowest BCUT2D eigenvalue weighted by molar-refractivity contribution is -0.119. The highest BCUT2D eigenvalue weighted by Gasteiger charge is 2.26. The van der Waals surface area contributed by atoms with E-state index >= 15 is 0 Å². The zero-order valence-corrected chi connectivity index (χ0v) is 12.7. The Kier molecular flexibility index (Phi) is 4.57. The standard InChI is InChI=1S/C18H19FN2O2/c19-14-8-4-9-16-18(14)21(10-5-11-23-16)17(22)12-15(20)13-6-2-1-3-7-13/h1-4,6-9,15H,5,10-12,20H2. The first-order valence-electron chi connectivity index (χ1n) is 7.69. The average molecular weight is 314 g/mol. The maximum Gasteiger partial charge on any atom is 0.229 e. The number of nitrogens with zero attached hydrogens (tertiary/aromatic N) is 1. The van der Waals surface area contributed by atoms with Gasteiger partial charge in [0.05, 0.1) is 6.61 Å². The Balaban J connectivity index is 1.83. The molecule has 23 heavy (non-hydrogen) atoms. The number of rotatable bonds is 3. The Labute approximate surface area is 134 Å². The molecule has 0 radical (unpaired) electrons. The van der Waals surface area contributed by atoms with Crippen LogP contribution in [0.1, 0.15) is 24.4 Å². The van der Waals surface area contributed by atoms with Crippen LogP contribution in [0.3, 0.4) is 0 Å². The van der Waals surface area contributed by atoms with Crippen molar-refractivity contribution in [3.63, 3.8) is 0 Å². The van der Waals surface area contributed by atoms with Crippen LogP contribution in [0.25, 0.3) is 0 Å². The molecule has 3 rings (SSSR count). The fourth-order valence-electron chi connectivity index (χ4n) is 2.76. The van der Waals surface area contributed by atoms with Crippen LogP contribution in [0.15, 0.2) is 48.5 Å². The third-order valence-electron chi connectivity index (χ3n) is 3.93. The van der Waals surface area contributed by atoms with Gasteiger partial charge in [-0.15, -0.1) is 0 Å². The van der Waals surface area contributed by atoms with Gasteiger partial charge in [-0.05, 0) is 24.1 Å². The minimum atomic E-state index is -0.453. The summed E-state index contributed by atoms with van der Waals surface area (Å²) in [4.78, 5) is 14.1. The number of carbonyl (C=O) groups is 1. The molecular formula is C18H19FN2O2. The maximum atomic E-state index is 14.2. The molecule has 0 spiro atoms. The van der Waals surface area contributed by atoms with Crippen molar-refractivity contribution in [3.8, 4) is 5.75 Å². The van der Waals surface area contributed by atoms with Crippen molar-refractivity contribution in [2.24, 2.45) is 5.73 Å². The van der Waals surface area contributed by atoms with Crippen LogP contribution >= 0.6 is 0 Å². The van der Waals surface area contributed by atoms with Crippen LogP contribution in [-0.4, -0.2) is 19.1 Å². The van der Waals surface area contributed by atoms with E-state index in [0.29, 0.717) is 25.3 Å². The number of para-hydroxylation sites is 1. The van der Waals surface area contributed by atoms with E-state index in [0.717, 1.165) is 5.56 Å². The van der Waals surface area contributed by atoms with Gasteiger partial charge in [0.25, 0.3) is 0 Å². The fourth-order valence-corrected chi connectivity index (χ4v) is 2.76. The van der Waals surface area contributed by atoms with E-state index in [4.69, 9.17) is 10.5 Å². The van der Waals surface area contributed by atoms with Crippen LogP contribution in [0.5, 0.6) is 5.75 Å². The molecule has 1 heterocycles. The highest BCUT2D eigenvalue weighted by atomic mass is 19.1. The minimum Gasteiger partial charge on any atom is -0.491 e. The second-order valence-electron chi connectivity index (χ2n) is 5.56. The van der Waals surface area contributed by atoms with Gasteiger partial charge in [0.1, 0.15) is 11.4 Å². The number of halogens is 1. The van der Waals surface area contributed by atoms with E-state index in [9.17, 15) is 9.18 Å². The van der Waals surface area contributed by atoms with Crippen LogP contribution in [0.2, 0.25) is 0 Å². The molecule has 2 N–H and O–H groups in total. The molecule has 120 valence electrons. The monoisotopic (exact) mass is 314 g/mol. The van der Waals surface area contributed by atoms with Gasteiger partial charge in [-0.3, -0.25) is 4.79 Å².